The zero-order valence-electron chi connectivity index (χ0n) is 13.8. The third kappa shape index (κ3) is 2.84. The van der Waals surface area contributed by atoms with E-state index in [2.05, 4.69) is 10.0 Å². The summed E-state index contributed by atoms with van der Waals surface area (Å²) in [6.07, 6.45) is 2.13. The van der Waals surface area contributed by atoms with E-state index in [1.54, 1.807) is 6.07 Å². The molecule has 0 unspecified atom stereocenters. The van der Waals surface area contributed by atoms with E-state index < -0.39 is 28.6 Å². The third-order valence-corrected chi connectivity index (χ3v) is 6.46. The van der Waals surface area contributed by atoms with E-state index in [4.69, 9.17) is 11.6 Å². The van der Waals surface area contributed by atoms with Gasteiger partial charge in [0.15, 0.2) is 5.82 Å². The first-order chi connectivity index (χ1) is 12.8. The molecular weight excluding hydrogens is 395 g/mol. The minimum Gasteiger partial charge on any atom is -0.588 e. The number of hydrogen-bond donors (Lipinski definition) is 3. The van der Waals surface area contributed by atoms with E-state index in [0.717, 1.165) is 12.5 Å². The summed E-state index contributed by atoms with van der Waals surface area (Å²) in [6, 6.07) is 6.66. The smallest absolute Gasteiger partial charge is 0.337 e. The number of hydrogen-bond acceptors (Lipinski definition) is 4. The lowest BCUT2D eigenvalue weighted by molar-refractivity contribution is -0.123. The zero-order chi connectivity index (χ0) is 19.3. The van der Waals surface area contributed by atoms with Gasteiger partial charge in [0.25, 0.3) is 0 Å². The molecule has 0 bridgehead atoms. The lowest BCUT2D eigenvalue weighted by atomic mass is 9.65. The maximum absolute atomic E-state index is 14.0. The van der Waals surface area contributed by atoms with Gasteiger partial charge in [-0.2, -0.15) is 0 Å². The van der Waals surface area contributed by atoms with E-state index >= 15 is 0 Å². The second kappa shape index (κ2) is 6.40. The molecule has 2 aromatic carbocycles. The van der Waals surface area contributed by atoms with E-state index in [-0.39, 0.29) is 32.8 Å². The number of aromatic carboxylic acids is 1. The van der Waals surface area contributed by atoms with Crippen LogP contribution in [-0.2, 0) is 21.6 Å². The van der Waals surface area contributed by atoms with Gasteiger partial charge in [-0.05, 0) is 42.7 Å². The normalized spacial score (nSPS) is 17.8. The van der Waals surface area contributed by atoms with Crippen molar-refractivity contribution in [2.45, 2.75) is 29.6 Å². The molecule has 27 heavy (non-hydrogen) atoms. The predicted molar refractivity (Wildman–Crippen MR) is 99.0 cm³/mol. The Balaban J connectivity index is 1.73. The number of carboxylic acid groups (broad SMARTS) is 1. The van der Waals surface area contributed by atoms with Gasteiger partial charge in [-0.25, -0.2) is 13.9 Å². The van der Waals surface area contributed by atoms with Gasteiger partial charge in [0.2, 0.25) is 10.8 Å². The van der Waals surface area contributed by atoms with E-state index in [1.807, 2.05) is 0 Å². The Morgan fingerprint density at radius 1 is 1.33 bits per heavy atom. The van der Waals surface area contributed by atoms with Crippen LogP contribution in [0.25, 0.3) is 0 Å². The first-order valence-electron chi connectivity index (χ1n) is 8.18. The van der Waals surface area contributed by atoms with Gasteiger partial charge in [-0.15, -0.1) is 0 Å². The van der Waals surface area contributed by atoms with Crippen molar-refractivity contribution in [3.8, 4) is 0 Å². The van der Waals surface area contributed by atoms with Crippen LogP contribution in [0.2, 0.25) is 5.02 Å². The molecule has 1 fully saturated rings. The number of halogens is 2. The maximum Gasteiger partial charge on any atom is 0.337 e. The molecule has 1 amide bonds. The second-order valence-electron chi connectivity index (χ2n) is 6.59. The standard InChI is InChI=1S/C18H14ClFN2O4S/c19-9-2-3-14(13(20)6-9)27(26)22-10-7-11(16(23)24)15-12(8-10)18(4-1-5-18)17(25)21-15/h2-3,6-8,22H,1,4-5H2,(H,21,25)(H,23,24)/t27-/m0/s1. The lowest BCUT2D eigenvalue weighted by Crippen LogP contribution is -2.40. The number of carbonyl (C=O) groups is 2. The largest absolute Gasteiger partial charge is 0.588 e. The van der Waals surface area contributed by atoms with Crippen molar-refractivity contribution in [2.24, 2.45) is 0 Å². The van der Waals surface area contributed by atoms with E-state index in [1.165, 1.54) is 18.2 Å². The molecule has 1 atom stereocenters. The fourth-order valence-electron chi connectivity index (χ4n) is 3.55. The number of carboxylic acids is 1. The molecule has 0 radical (unpaired) electrons. The Morgan fingerprint density at radius 2 is 2.07 bits per heavy atom. The third-order valence-electron chi connectivity index (χ3n) is 5.07. The molecule has 1 aliphatic heterocycles. The summed E-state index contributed by atoms with van der Waals surface area (Å²) in [5, 5.41) is 12.4. The maximum atomic E-state index is 14.0. The molecule has 1 aliphatic carbocycles. The summed E-state index contributed by atoms with van der Waals surface area (Å²) in [5.41, 5.74) is 0.266. The molecule has 2 aliphatic rings. The Kier molecular flexibility index (Phi) is 4.29. The highest BCUT2D eigenvalue weighted by Gasteiger charge is 2.52. The van der Waals surface area contributed by atoms with Gasteiger partial charge in [-0.3, -0.25) is 4.79 Å². The van der Waals surface area contributed by atoms with Crippen LogP contribution in [0.1, 0.15) is 35.2 Å². The summed E-state index contributed by atoms with van der Waals surface area (Å²) in [5.74, 6) is -2.16. The summed E-state index contributed by atoms with van der Waals surface area (Å²) in [6.45, 7) is 0. The SMILES string of the molecule is O=C(O)c1cc(N[S@@+]([O-])c2ccc(Cl)cc2F)cc2c1NC(=O)C21CCC1. The molecule has 140 valence electrons. The quantitative estimate of drug-likeness (QED) is 0.670. The molecule has 1 spiro atoms. The topological polar surface area (TPSA) is 101 Å². The second-order valence-corrected chi connectivity index (χ2v) is 8.20. The average molecular weight is 409 g/mol. The summed E-state index contributed by atoms with van der Waals surface area (Å²) < 4.78 is 29.2. The van der Waals surface area contributed by atoms with Crippen LogP contribution in [-0.4, -0.2) is 21.5 Å². The predicted octanol–water partition coefficient (Wildman–Crippen LogP) is 3.69. The van der Waals surface area contributed by atoms with Crippen LogP contribution in [0.5, 0.6) is 0 Å². The van der Waals surface area contributed by atoms with Crippen molar-refractivity contribution in [3.63, 3.8) is 0 Å². The molecule has 3 N–H and O–H groups in total. The van der Waals surface area contributed by atoms with Crippen molar-refractivity contribution in [1.29, 1.82) is 0 Å². The van der Waals surface area contributed by atoms with Crippen LogP contribution < -0.4 is 10.0 Å². The average Bonchev–Trinajstić information content (AvgIpc) is 2.85. The Labute approximate surface area is 162 Å². The molecule has 9 heteroatoms. The number of nitrogens with one attached hydrogen (secondary N) is 2. The van der Waals surface area contributed by atoms with Gasteiger partial charge < -0.3 is 15.0 Å². The van der Waals surface area contributed by atoms with Crippen molar-refractivity contribution in [1.82, 2.24) is 0 Å². The van der Waals surface area contributed by atoms with Gasteiger partial charge >= 0.3 is 5.97 Å². The fourth-order valence-corrected chi connectivity index (χ4v) is 4.58. The monoisotopic (exact) mass is 408 g/mol. The summed E-state index contributed by atoms with van der Waals surface area (Å²) in [4.78, 5) is 23.9. The van der Waals surface area contributed by atoms with Crippen LogP contribution in [0.3, 0.4) is 0 Å². The van der Waals surface area contributed by atoms with E-state index in [9.17, 15) is 23.6 Å². The molecule has 2 aromatic rings. The Hall–Kier alpha value is -2.29. The molecule has 1 heterocycles. The first kappa shape index (κ1) is 18.1. The fraction of sp³-hybridized carbons (Fsp3) is 0.222. The van der Waals surface area contributed by atoms with Crippen molar-refractivity contribution in [2.75, 3.05) is 10.0 Å². The zero-order valence-corrected chi connectivity index (χ0v) is 15.4. The molecule has 1 saturated carbocycles. The van der Waals surface area contributed by atoms with Crippen LogP contribution >= 0.6 is 11.6 Å². The Bertz CT molecular complexity index is 980. The van der Waals surface area contributed by atoms with Crippen molar-refractivity contribution >= 4 is 46.2 Å². The number of anilines is 2. The minimum absolute atomic E-state index is 0.0966. The van der Waals surface area contributed by atoms with Gasteiger partial charge in [0.05, 0.1) is 22.4 Å². The highest BCUT2D eigenvalue weighted by Crippen LogP contribution is 2.52. The molecule has 4 rings (SSSR count). The lowest BCUT2D eigenvalue weighted by Gasteiger charge is -2.36. The van der Waals surface area contributed by atoms with Crippen LogP contribution in [0, 0.1) is 5.82 Å². The van der Waals surface area contributed by atoms with E-state index in [0.29, 0.717) is 18.4 Å². The molecule has 0 saturated heterocycles. The number of amides is 1. The summed E-state index contributed by atoms with van der Waals surface area (Å²) in [7, 11) is 0. The van der Waals surface area contributed by atoms with Gasteiger partial charge in [0.1, 0.15) is 11.4 Å². The number of carbonyl (C=O) groups excluding carboxylic acids is 1. The van der Waals surface area contributed by atoms with Crippen molar-refractivity contribution < 1.29 is 23.6 Å². The highest BCUT2D eigenvalue weighted by atomic mass is 35.5. The molecule has 0 aromatic heterocycles. The van der Waals surface area contributed by atoms with Crippen molar-refractivity contribution in [3.05, 3.63) is 52.3 Å². The Morgan fingerprint density at radius 3 is 2.67 bits per heavy atom. The van der Waals surface area contributed by atoms with Crippen LogP contribution in [0.15, 0.2) is 35.2 Å². The minimum atomic E-state index is -1.97. The van der Waals surface area contributed by atoms with Gasteiger partial charge in [0, 0.05) is 11.1 Å². The number of fused-ring (bicyclic) bond motifs is 2. The highest BCUT2D eigenvalue weighted by molar-refractivity contribution is 7.92. The van der Waals surface area contributed by atoms with Crippen LogP contribution in [0.4, 0.5) is 15.8 Å². The number of rotatable bonds is 4. The molecular formula is C18H14ClFN2O4S. The first-order valence-corrected chi connectivity index (χ1v) is 9.71. The van der Waals surface area contributed by atoms with Gasteiger partial charge in [-0.1, -0.05) is 18.0 Å². The number of benzene rings is 2. The summed E-state index contributed by atoms with van der Waals surface area (Å²) >= 11 is 3.73. The molecule has 6 nitrogen and oxygen atoms in total.